The van der Waals surface area contributed by atoms with Crippen LogP contribution in [-0.2, 0) is 22.6 Å². The number of nitrogens with one attached hydrogen (secondary N) is 4. The molecule has 1 saturated carbocycles. The van der Waals surface area contributed by atoms with E-state index in [2.05, 4.69) is 21.3 Å². The molecule has 2 aromatic carbocycles. The van der Waals surface area contributed by atoms with Crippen LogP contribution in [0.15, 0.2) is 60.7 Å². The van der Waals surface area contributed by atoms with Gasteiger partial charge in [-0.25, -0.2) is 4.79 Å². The minimum atomic E-state index is -0.894. The zero-order valence-electron chi connectivity index (χ0n) is 17.7. The van der Waals surface area contributed by atoms with Gasteiger partial charge in [-0.15, -0.1) is 0 Å². The SMILES string of the molecule is O=C(Cc1ccccc1)NCCNC(=O)C1(NC(=O)NCc2ccccc2)CCCC1. The van der Waals surface area contributed by atoms with E-state index in [9.17, 15) is 14.4 Å². The van der Waals surface area contributed by atoms with Gasteiger partial charge in [0.05, 0.1) is 6.42 Å². The first-order valence-electron chi connectivity index (χ1n) is 10.8. The van der Waals surface area contributed by atoms with Crippen LogP contribution in [0.25, 0.3) is 0 Å². The summed E-state index contributed by atoms with van der Waals surface area (Å²) in [6.07, 6.45) is 3.30. The van der Waals surface area contributed by atoms with Crippen LogP contribution in [0.1, 0.15) is 36.8 Å². The van der Waals surface area contributed by atoms with Crippen molar-refractivity contribution in [1.29, 1.82) is 0 Å². The smallest absolute Gasteiger partial charge is 0.315 e. The Hall–Kier alpha value is -3.35. The van der Waals surface area contributed by atoms with Crippen molar-refractivity contribution in [1.82, 2.24) is 21.3 Å². The van der Waals surface area contributed by atoms with E-state index in [1.807, 2.05) is 60.7 Å². The van der Waals surface area contributed by atoms with E-state index in [1.54, 1.807) is 0 Å². The summed E-state index contributed by atoms with van der Waals surface area (Å²) in [7, 11) is 0. The topological polar surface area (TPSA) is 99.3 Å². The number of hydrogen-bond donors (Lipinski definition) is 4. The lowest BCUT2D eigenvalue weighted by atomic mass is 9.96. The molecule has 0 heterocycles. The summed E-state index contributed by atoms with van der Waals surface area (Å²) in [4.78, 5) is 37.3. The molecule has 0 unspecified atom stereocenters. The molecule has 1 aliphatic rings. The van der Waals surface area contributed by atoms with Gasteiger partial charge in [0, 0.05) is 19.6 Å². The Kier molecular flexibility index (Phi) is 8.04. The number of benzene rings is 2. The predicted molar refractivity (Wildman–Crippen MR) is 119 cm³/mol. The summed E-state index contributed by atoms with van der Waals surface area (Å²) < 4.78 is 0. The van der Waals surface area contributed by atoms with Gasteiger partial charge in [0.2, 0.25) is 11.8 Å². The van der Waals surface area contributed by atoms with Crippen LogP contribution in [0.2, 0.25) is 0 Å². The molecule has 0 atom stereocenters. The molecular weight excluding hydrogens is 392 g/mol. The van der Waals surface area contributed by atoms with Gasteiger partial charge < -0.3 is 21.3 Å². The van der Waals surface area contributed by atoms with Crippen molar-refractivity contribution >= 4 is 17.8 Å². The van der Waals surface area contributed by atoms with E-state index < -0.39 is 5.54 Å². The van der Waals surface area contributed by atoms with Gasteiger partial charge in [-0.05, 0) is 24.0 Å². The van der Waals surface area contributed by atoms with E-state index in [4.69, 9.17) is 0 Å². The molecule has 0 aliphatic heterocycles. The Morgan fingerprint density at radius 3 is 1.97 bits per heavy atom. The molecule has 0 saturated heterocycles. The standard InChI is InChI=1S/C24H30N4O3/c29-21(17-19-9-3-1-4-10-19)25-15-16-26-22(30)24(13-7-8-14-24)28-23(31)27-18-20-11-5-2-6-12-20/h1-6,9-12H,7-8,13-18H2,(H,25,29)(H,26,30)(H2,27,28,31). The first-order chi connectivity index (χ1) is 15.1. The van der Waals surface area contributed by atoms with Gasteiger partial charge in [0.25, 0.3) is 0 Å². The maximum absolute atomic E-state index is 12.8. The van der Waals surface area contributed by atoms with Crippen LogP contribution in [-0.4, -0.2) is 36.5 Å². The number of carbonyl (C=O) groups excluding carboxylic acids is 3. The summed E-state index contributed by atoms with van der Waals surface area (Å²) in [5.74, 6) is -0.286. The minimum Gasteiger partial charge on any atom is -0.354 e. The van der Waals surface area contributed by atoms with Gasteiger partial charge in [-0.2, -0.15) is 0 Å². The number of rotatable bonds is 9. The van der Waals surface area contributed by atoms with Crippen molar-refractivity contribution in [3.8, 4) is 0 Å². The lowest BCUT2D eigenvalue weighted by molar-refractivity contribution is -0.127. The second-order valence-electron chi connectivity index (χ2n) is 7.85. The van der Waals surface area contributed by atoms with E-state index in [0.717, 1.165) is 24.0 Å². The molecule has 0 radical (unpaired) electrons. The molecule has 1 fully saturated rings. The summed E-state index contributed by atoms with van der Waals surface area (Å²) in [5.41, 5.74) is 1.04. The number of amides is 4. The number of carbonyl (C=O) groups is 3. The third-order valence-corrected chi connectivity index (χ3v) is 5.48. The van der Waals surface area contributed by atoms with Crippen LogP contribution in [0.3, 0.4) is 0 Å². The minimum absolute atomic E-state index is 0.0885. The van der Waals surface area contributed by atoms with E-state index in [1.165, 1.54) is 0 Å². The van der Waals surface area contributed by atoms with Crippen molar-refractivity contribution in [2.75, 3.05) is 13.1 Å². The molecule has 7 nitrogen and oxygen atoms in total. The highest BCUT2D eigenvalue weighted by Gasteiger charge is 2.42. The maximum Gasteiger partial charge on any atom is 0.315 e. The average Bonchev–Trinajstić information content (AvgIpc) is 3.26. The Labute approximate surface area is 183 Å². The molecule has 4 amide bonds. The molecule has 0 aromatic heterocycles. The molecule has 0 bridgehead atoms. The van der Waals surface area contributed by atoms with Crippen LogP contribution < -0.4 is 21.3 Å². The summed E-state index contributed by atoms with van der Waals surface area (Å²) in [5, 5.41) is 11.4. The fraction of sp³-hybridized carbons (Fsp3) is 0.375. The quantitative estimate of drug-likeness (QED) is 0.467. The van der Waals surface area contributed by atoms with Crippen molar-refractivity contribution in [2.24, 2.45) is 0 Å². The monoisotopic (exact) mass is 422 g/mol. The van der Waals surface area contributed by atoms with E-state index in [0.29, 0.717) is 38.9 Å². The summed E-state index contributed by atoms with van der Waals surface area (Å²) >= 11 is 0. The molecule has 1 aliphatic carbocycles. The van der Waals surface area contributed by atoms with Crippen molar-refractivity contribution < 1.29 is 14.4 Å². The van der Waals surface area contributed by atoms with Crippen LogP contribution in [0.5, 0.6) is 0 Å². The first kappa shape index (κ1) is 22.3. The second-order valence-corrected chi connectivity index (χ2v) is 7.85. The van der Waals surface area contributed by atoms with Crippen LogP contribution in [0.4, 0.5) is 4.79 Å². The molecule has 4 N–H and O–H groups in total. The van der Waals surface area contributed by atoms with Crippen LogP contribution in [0, 0.1) is 0 Å². The molecule has 164 valence electrons. The lowest BCUT2D eigenvalue weighted by Gasteiger charge is -2.29. The fourth-order valence-corrected chi connectivity index (χ4v) is 3.82. The highest BCUT2D eigenvalue weighted by molar-refractivity contribution is 5.91. The Bertz CT molecular complexity index is 865. The Morgan fingerprint density at radius 1 is 0.742 bits per heavy atom. The van der Waals surface area contributed by atoms with Crippen molar-refractivity contribution in [2.45, 2.75) is 44.2 Å². The van der Waals surface area contributed by atoms with Crippen molar-refractivity contribution in [3.05, 3.63) is 71.8 Å². The fourth-order valence-electron chi connectivity index (χ4n) is 3.82. The first-order valence-corrected chi connectivity index (χ1v) is 10.8. The molecular formula is C24H30N4O3. The molecule has 7 heteroatoms. The largest absolute Gasteiger partial charge is 0.354 e. The highest BCUT2D eigenvalue weighted by Crippen LogP contribution is 2.29. The number of urea groups is 1. The van der Waals surface area contributed by atoms with Gasteiger partial charge in [0.15, 0.2) is 0 Å². The van der Waals surface area contributed by atoms with Crippen molar-refractivity contribution in [3.63, 3.8) is 0 Å². The molecule has 0 spiro atoms. The normalized spacial score (nSPS) is 14.5. The molecule has 2 aromatic rings. The number of hydrogen-bond acceptors (Lipinski definition) is 3. The Morgan fingerprint density at radius 2 is 1.32 bits per heavy atom. The summed E-state index contributed by atoms with van der Waals surface area (Å²) in [6, 6.07) is 18.8. The predicted octanol–water partition coefficient (Wildman–Crippen LogP) is 2.27. The third-order valence-electron chi connectivity index (χ3n) is 5.48. The zero-order valence-corrected chi connectivity index (χ0v) is 17.7. The lowest BCUT2D eigenvalue weighted by Crippen LogP contribution is -2.59. The maximum atomic E-state index is 12.8. The third kappa shape index (κ3) is 6.84. The Balaban J connectivity index is 1.41. The van der Waals surface area contributed by atoms with Gasteiger partial charge in [-0.1, -0.05) is 73.5 Å². The zero-order chi connectivity index (χ0) is 21.9. The summed E-state index contributed by atoms with van der Waals surface area (Å²) in [6.45, 7) is 1.06. The van der Waals surface area contributed by atoms with Gasteiger partial charge in [-0.3, -0.25) is 9.59 Å². The van der Waals surface area contributed by atoms with Crippen LogP contribution >= 0.6 is 0 Å². The second kappa shape index (κ2) is 11.2. The molecule has 31 heavy (non-hydrogen) atoms. The highest BCUT2D eigenvalue weighted by atomic mass is 16.2. The van der Waals surface area contributed by atoms with E-state index >= 15 is 0 Å². The van der Waals surface area contributed by atoms with Gasteiger partial charge >= 0.3 is 6.03 Å². The molecule has 3 rings (SSSR count). The van der Waals surface area contributed by atoms with Gasteiger partial charge in [0.1, 0.15) is 5.54 Å². The van der Waals surface area contributed by atoms with E-state index in [-0.39, 0.29) is 17.8 Å². The average molecular weight is 423 g/mol.